The molecule has 0 radical (unpaired) electrons. The Balaban J connectivity index is 2.30. The van der Waals surface area contributed by atoms with E-state index < -0.39 is 0 Å². The maximum atomic E-state index is 4.98. The molecule has 0 aliphatic heterocycles. The molecule has 1 fully saturated rings. The zero-order valence-corrected chi connectivity index (χ0v) is 9.88. The van der Waals surface area contributed by atoms with Crippen LogP contribution in [0.2, 0.25) is 0 Å². The molecule has 0 aromatic carbocycles. The highest BCUT2D eigenvalue weighted by Crippen LogP contribution is 2.17. The summed E-state index contributed by atoms with van der Waals surface area (Å²) in [5.74, 6) is 0.932. The van der Waals surface area contributed by atoms with E-state index in [0.717, 1.165) is 19.0 Å². The second-order valence-corrected chi connectivity index (χ2v) is 3.88. The molecule has 1 rings (SSSR count). The second kappa shape index (κ2) is 7.51. The minimum absolute atomic E-state index is 0.616. The van der Waals surface area contributed by atoms with Crippen LogP contribution >= 0.6 is 0 Å². The van der Waals surface area contributed by atoms with E-state index in [4.69, 9.17) is 4.74 Å². The fraction of sp³-hybridized carbons (Fsp3) is 0.909. The summed E-state index contributed by atoms with van der Waals surface area (Å²) < 4.78 is 4.98. The van der Waals surface area contributed by atoms with Crippen LogP contribution in [0.15, 0.2) is 4.99 Å². The van der Waals surface area contributed by atoms with Gasteiger partial charge in [-0.25, -0.2) is 0 Å². The summed E-state index contributed by atoms with van der Waals surface area (Å²) in [6, 6.07) is 0.616. The Morgan fingerprint density at radius 2 is 2.13 bits per heavy atom. The third kappa shape index (κ3) is 5.02. The van der Waals surface area contributed by atoms with E-state index in [1.54, 1.807) is 7.11 Å². The lowest BCUT2D eigenvalue weighted by molar-refractivity contribution is 0.208. The first-order valence-electron chi connectivity index (χ1n) is 5.90. The molecular weight excluding hydrogens is 190 g/mol. The van der Waals surface area contributed by atoms with E-state index in [1.165, 1.54) is 25.7 Å². The van der Waals surface area contributed by atoms with Crippen LogP contribution in [-0.2, 0) is 4.74 Å². The van der Waals surface area contributed by atoms with Crippen molar-refractivity contribution in [2.24, 2.45) is 4.99 Å². The Morgan fingerprint density at radius 3 is 2.73 bits per heavy atom. The van der Waals surface area contributed by atoms with E-state index in [-0.39, 0.29) is 0 Å². The van der Waals surface area contributed by atoms with Crippen molar-refractivity contribution >= 4 is 5.96 Å². The zero-order valence-electron chi connectivity index (χ0n) is 9.88. The summed E-state index contributed by atoms with van der Waals surface area (Å²) in [4.78, 5) is 4.44. The van der Waals surface area contributed by atoms with Crippen LogP contribution in [0.5, 0.6) is 0 Å². The number of methoxy groups -OCH3 is 1. The molecule has 1 saturated carbocycles. The molecule has 1 aliphatic rings. The van der Waals surface area contributed by atoms with Gasteiger partial charge in [-0.3, -0.25) is 4.99 Å². The van der Waals surface area contributed by atoms with Gasteiger partial charge in [-0.15, -0.1) is 0 Å². The van der Waals surface area contributed by atoms with E-state index in [2.05, 4.69) is 22.5 Å². The lowest BCUT2D eigenvalue weighted by Gasteiger charge is -2.16. The van der Waals surface area contributed by atoms with Crippen molar-refractivity contribution in [1.29, 1.82) is 0 Å². The molecule has 0 amide bonds. The Morgan fingerprint density at radius 1 is 1.40 bits per heavy atom. The highest BCUT2D eigenvalue weighted by atomic mass is 16.5. The monoisotopic (exact) mass is 213 g/mol. The smallest absolute Gasteiger partial charge is 0.191 e. The highest BCUT2D eigenvalue weighted by Gasteiger charge is 2.15. The number of aliphatic imine (C=N–C) groups is 1. The van der Waals surface area contributed by atoms with Gasteiger partial charge in [0.1, 0.15) is 0 Å². The van der Waals surface area contributed by atoms with Crippen molar-refractivity contribution in [2.75, 3.05) is 26.8 Å². The molecule has 88 valence electrons. The van der Waals surface area contributed by atoms with Crippen molar-refractivity contribution in [3.8, 4) is 0 Å². The van der Waals surface area contributed by atoms with Crippen molar-refractivity contribution in [1.82, 2.24) is 10.6 Å². The molecule has 0 spiro atoms. The Kier molecular flexibility index (Phi) is 6.16. The standard InChI is InChI=1S/C11H23N3O/c1-3-12-11(13-8-9-15-2)14-10-6-4-5-7-10/h10H,3-9H2,1-2H3,(H2,12,13,14). The molecule has 0 heterocycles. The van der Waals surface area contributed by atoms with Crippen LogP contribution in [-0.4, -0.2) is 38.8 Å². The van der Waals surface area contributed by atoms with Crippen LogP contribution in [0.25, 0.3) is 0 Å². The van der Waals surface area contributed by atoms with E-state index in [9.17, 15) is 0 Å². The summed E-state index contributed by atoms with van der Waals surface area (Å²) in [5.41, 5.74) is 0. The molecular formula is C11H23N3O. The molecule has 4 heteroatoms. The number of guanidine groups is 1. The van der Waals surface area contributed by atoms with E-state index >= 15 is 0 Å². The van der Waals surface area contributed by atoms with Crippen LogP contribution < -0.4 is 10.6 Å². The molecule has 2 N–H and O–H groups in total. The van der Waals surface area contributed by atoms with Crippen molar-refractivity contribution in [2.45, 2.75) is 38.6 Å². The number of hydrogen-bond donors (Lipinski definition) is 2. The van der Waals surface area contributed by atoms with Gasteiger partial charge in [0.2, 0.25) is 0 Å². The van der Waals surface area contributed by atoms with Crippen LogP contribution in [0.1, 0.15) is 32.6 Å². The quantitative estimate of drug-likeness (QED) is 0.409. The normalized spacial score (nSPS) is 18.1. The predicted octanol–water partition coefficient (Wildman–Crippen LogP) is 1.13. The lowest BCUT2D eigenvalue weighted by atomic mass is 10.2. The number of nitrogens with one attached hydrogen (secondary N) is 2. The van der Waals surface area contributed by atoms with Gasteiger partial charge in [0.25, 0.3) is 0 Å². The summed E-state index contributed by atoms with van der Waals surface area (Å²) in [6.45, 7) is 4.40. The van der Waals surface area contributed by atoms with Gasteiger partial charge in [0.05, 0.1) is 13.2 Å². The molecule has 0 saturated heterocycles. The van der Waals surface area contributed by atoms with Crippen molar-refractivity contribution < 1.29 is 4.74 Å². The number of nitrogens with zero attached hydrogens (tertiary/aromatic N) is 1. The average Bonchev–Trinajstić information content (AvgIpc) is 2.71. The Labute approximate surface area is 92.5 Å². The minimum Gasteiger partial charge on any atom is -0.383 e. The molecule has 1 aliphatic carbocycles. The Hall–Kier alpha value is -0.770. The largest absolute Gasteiger partial charge is 0.383 e. The van der Waals surface area contributed by atoms with Crippen LogP contribution in [0.4, 0.5) is 0 Å². The number of rotatable bonds is 5. The first-order chi connectivity index (χ1) is 7.36. The fourth-order valence-electron chi connectivity index (χ4n) is 1.83. The molecule has 0 atom stereocenters. The predicted molar refractivity (Wildman–Crippen MR) is 63.2 cm³/mol. The molecule has 15 heavy (non-hydrogen) atoms. The summed E-state index contributed by atoms with van der Waals surface area (Å²) in [7, 11) is 1.70. The third-order valence-corrected chi connectivity index (χ3v) is 2.61. The van der Waals surface area contributed by atoms with Crippen molar-refractivity contribution in [3.05, 3.63) is 0 Å². The fourth-order valence-corrected chi connectivity index (χ4v) is 1.83. The third-order valence-electron chi connectivity index (χ3n) is 2.61. The highest BCUT2D eigenvalue weighted by molar-refractivity contribution is 5.80. The number of hydrogen-bond acceptors (Lipinski definition) is 2. The minimum atomic E-state index is 0.616. The van der Waals surface area contributed by atoms with Gasteiger partial charge < -0.3 is 15.4 Å². The zero-order chi connectivity index (χ0) is 10.9. The lowest BCUT2D eigenvalue weighted by Crippen LogP contribution is -2.42. The van der Waals surface area contributed by atoms with Gasteiger partial charge in [-0.05, 0) is 19.8 Å². The maximum Gasteiger partial charge on any atom is 0.191 e. The van der Waals surface area contributed by atoms with Gasteiger partial charge in [-0.2, -0.15) is 0 Å². The average molecular weight is 213 g/mol. The summed E-state index contributed by atoms with van der Waals surface area (Å²) in [6.07, 6.45) is 5.23. The summed E-state index contributed by atoms with van der Waals surface area (Å²) in [5, 5.41) is 6.71. The number of ether oxygens (including phenoxy) is 1. The first kappa shape index (κ1) is 12.3. The topological polar surface area (TPSA) is 45.7 Å². The maximum absolute atomic E-state index is 4.98. The molecule has 0 unspecified atom stereocenters. The molecule has 0 aromatic rings. The van der Waals surface area contributed by atoms with Crippen LogP contribution in [0.3, 0.4) is 0 Å². The van der Waals surface area contributed by atoms with Gasteiger partial charge in [0.15, 0.2) is 5.96 Å². The SMILES string of the molecule is CCNC(=NCCOC)NC1CCCC1. The van der Waals surface area contributed by atoms with Crippen LogP contribution in [0, 0.1) is 0 Å². The first-order valence-corrected chi connectivity index (χ1v) is 5.90. The second-order valence-electron chi connectivity index (χ2n) is 3.88. The Bertz CT molecular complexity index is 188. The summed E-state index contributed by atoms with van der Waals surface area (Å²) >= 11 is 0. The molecule has 0 aromatic heterocycles. The molecule has 4 nitrogen and oxygen atoms in total. The van der Waals surface area contributed by atoms with E-state index in [1.807, 2.05) is 0 Å². The van der Waals surface area contributed by atoms with E-state index in [0.29, 0.717) is 12.6 Å². The van der Waals surface area contributed by atoms with Gasteiger partial charge in [-0.1, -0.05) is 12.8 Å². The van der Waals surface area contributed by atoms with Gasteiger partial charge in [0, 0.05) is 19.7 Å². The molecule has 0 bridgehead atoms. The van der Waals surface area contributed by atoms with Gasteiger partial charge >= 0.3 is 0 Å². The van der Waals surface area contributed by atoms with Crippen molar-refractivity contribution in [3.63, 3.8) is 0 Å².